The lowest BCUT2D eigenvalue weighted by Crippen LogP contribution is -2.53. The third kappa shape index (κ3) is 1.72. The van der Waals surface area contributed by atoms with E-state index in [0.717, 1.165) is 31.4 Å². The molecule has 14 heavy (non-hydrogen) atoms. The fourth-order valence-corrected chi connectivity index (χ4v) is 5.74. The number of nitrogens with two attached hydrogens (primary N) is 1. The van der Waals surface area contributed by atoms with Crippen molar-refractivity contribution in [3.05, 3.63) is 0 Å². The normalized spacial score (nSPS) is 42.5. The minimum atomic E-state index is -1.87. The van der Waals surface area contributed by atoms with Gasteiger partial charge in [0, 0.05) is 16.5 Å². The van der Waals surface area contributed by atoms with Gasteiger partial charge in [-0.3, -0.25) is 4.21 Å². The molecule has 2 atom stereocenters. The third-order valence-corrected chi connectivity index (χ3v) is 6.62. The molecule has 2 nitrogen and oxygen atoms in total. The molecule has 2 N–H and O–H groups in total. The third-order valence-electron chi connectivity index (χ3n) is 3.90. The Hall–Kier alpha value is -0.0200. The van der Waals surface area contributed by atoms with Crippen molar-refractivity contribution in [1.29, 1.82) is 0 Å². The van der Waals surface area contributed by atoms with Gasteiger partial charge in [-0.2, -0.15) is 0 Å². The van der Waals surface area contributed by atoms with Crippen LogP contribution >= 0.6 is 0 Å². The van der Waals surface area contributed by atoms with Gasteiger partial charge in [0.15, 0.2) is 0 Å². The maximum atomic E-state index is 12.2. The second kappa shape index (κ2) is 3.53. The van der Waals surface area contributed by atoms with Gasteiger partial charge in [0.1, 0.15) is 0 Å². The summed E-state index contributed by atoms with van der Waals surface area (Å²) in [6, 6.07) is 0. The molecule has 2 aliphatic rings. The first-order valence-electron chi connectivity index (χ1n) is 5.67. The summed E-state index contributed by atoms with van der Waals surface area (Å²) in [7, 11) is -1.87. The molecule has 0 spiro atoms. The Morgan fingerprint density at radius 1 is 1.21 bits per heavy atom. The minimum Gasteiger partial charge on any atom is -0.324 e. The maximum absolute atomic E-state index is 12.2. The van der Waals surface area contributed by atoms with E-state index in [9.17, 15) is 4.21 Å². The molecule has 1 unspecified atom stereocenters. The predicted octanol–water partition coefficient (Wildman–Crippen LogP) is 1.53. The van der Waals surface area contributed by atoms with Crippen molar-refractivity contribution in [2.75, 3.05) is 5.75 Å². The summed E-state index contributed by atoms with van der Waals surface area (Å²) < 4.78 is 12.2. The number of rotatable bonds is 1. The van der Waals surface area contributed by atoms with E-state index in [1.54, 1.807) is 0 Å². The molecule has 2 rings (SSSR count). The average Bonchev–Trinajstić information content (AvgIpc) is 2.47. The first-order valence-corrected chi connectivity index (χ1v) is 7.63. The lowest BCUT2D eigenvalue weighted by atomic mass is 9.79. The zero-order chi connectivity index (χ0) is 10.2. The highest BCUT2D eigenvalue weighted by atomic mass is 32.2. The topological polar surface area (TPSA) is 43.1 Å². The summed E-state index contributed by atoms with van der Waals surface area (Å²) in [6.07, 6.45) is 7.94. The van der Waals surface area contributed by atoms with E-state index in [-0.39, 0.29) is 10.8 Å². The molecular formula is C11H21NOS. The van der Waals surface area contributed by atoms with Crippen molar-refractivity contribution < 1.29 is 4.21 Å². The Bertz CT molecular complexity index is 301. The van der Waals surface area contributed by atoms with Crippen LogP contribution in [0.4, 0.5) is 0 Å². The van der Waals surface area contributed by atoms with Gasteiger partial charge in [-0.15, -0.1) is 0 Å². The van der Waals surface area contributed by atoms with Gasteiger partial charge in [-0.05, 0) is 41.1 Å². The molecule has 0 aromatic carbocycles. The van der Waals surface area contributed by atoms with Crippen molar-refractivity contribution in [3.63, 3.8) is 0 Å². The van der Waals surface area contributed by atoms with Gasteiger partial charge in [-0.25, -0.2) is 0 Å². The van der Waals surface area contributed by atoms with Crippen LogP contribution in [-0.4, -0.2) is 26.6 Å². The highest BCUT2D eigenvalue weighted by Gasteiger charge is 2.42. The molecule has 0 aromatic rings. The molecule has 1 aliphatic carbocycles. The molecule has 2 fully saturated rings. The van der Waals surface area contributed by atoms with Crippen molar-refractivity contribution in [2.24, 2.45) is 5.73 Å². The van der Waals surface area contributed by atoms with E-state index >= 15 is 0 Å². The van der Waals surface area contributed by atoms with Crippen LogP contribution in [0.5, 0.6) is 0 Å². The zero-order valence-electron chi connectivity index (χ0n) is 8.84. The molecule has 0 aromatic heterocycles. The maximum Gasteiger partial charge on any atom is 0.0452 e. The van der Waals surface area contributed by atoms with Gasteiger partial charge in [-0.1, -0.05) is 19.3 Å². The van der Waals surface area contributed by atoms with Crippen LogP contribution in [0.15, 0.2) is 0 Å². The van der Waals surface area contributed by atoms with E-state index in [1.165, 1.54) is 19.3 Å². The second-order valence-electron chi connectivity index (χ2n) is 5.00. The second-order valence-corrected chi connectivity index (χ2v) is 7.71. The molecule has 3 heteroatoms. The fourth-order valence-electron chi connectivity index (χ4n) is 3.12. The highest BCUT2D eigenvalue weighted by molar-refractivity contribution is 8.01. The highest BCUT2D eigenvalue weighted by Crippen LogP contribution is 2.37. The van der Waals surface area contributed by atoms with Gasteiger partial charge in [0.2, 0.25) is 0 Å². The van der Waals surface area contributed by atoms with Gasteiger partial charge >= 0.3 is 0 Å². The van der Waals surface area contributed by atoms with E-state index in [1.807, 2.05) is 0 Å². The Morgan fingerprint density at radius 3 is 2.36 bits per heavy atom. The quantitative estimate of drug-likeness (QED) is 0.674. The first kappa shape index (κ1) is 10.5. The van der Waals surface area contributed by atoms with Gasteiger partial charge in [0.25, 0.3) is 0 Å². The van der Waals surface area contributed by atoms with Crippen LogP contribution in [0.1, 0.15) is 44.9 Å². The molecule has 82 valence electrons. The zero-order valence-corrected chi connectivity index (χ0v) is 9.65. The van der Waals surface area contributed by atoms with Crippen LogP contribution < -0.4 is 5.73 Å². The Labute approximate surface area is 87.3 Å². The van der Waals surface area contributed by atoms with E-state index in [0.29, 0.717) is 0 Å². The van der Waals surface area contributed by atoms with Gasteiger partial charge < -0.3 is 5.73 Å². The molecule has 0 bridgehead atoms. The largest absolute Gasteiger partial charge is 0.324 e. The lowest BCUT2D eigenvalue weighted by Gasteiger charge is -2.39. The number of hydrogen-bond acceptors (Lipinski definition) is 2. The predicted molar refractivity (Wildman–Crippen MR) is 63.2 cm³/mol. The van der Waals surface area contributed by atoms with Crippen LogP contribution in [0.3, 0.4) is 0 Å². The lowest BCUT2D eigenvalue weighted by molar-refractivity contribution is 0.282. The summed E-state index contributed by atoms with van der Waals surface area (Å²) in [5, 5.41) is 0.204. The average molecular weight is 215 g/mol. The number of hydrogen-bond donors (Lipinski definition) is 1. The monoisotopic (exact) mass is 215 g/mol. The van der Waals surface area contributed by atoms with Crippen LogP contribution in [0.2, 0.25) is 0 Å². The molecule has 1 aliphatic heterocycles. The van der Waals surface area contributed by atoms with E-state index in [4.69, 9.17) is 5.73 Å². The van der Waals surface area contributed by atoms with Crippen molar-refractivity contribution in [3.8, 4) is 0 Å². The summed E-state index contributed by atoms with van der Waals surface area (Å²) in [5.74, 6) is 4.72. The van der Waals surface area contributed by atoms with Crippen molar-refractivity contribution >= 4 is 15.4 Å². The van der Waals surface area contributed by atoms with Crippen LogP contribution in [0, 0.1) is 0 Å². The standard InChI is InChI=1S/C11H21NOS/c1-14(13)9-5-6-10(14)11(12)7-3-2-4-8-11/h10H,1-9,12H2/t10-,14?/m1/s1. The Morgan fingerprint density at radius 2 is 1.86 bits per heavy atom. The fraction of sp³-hybridized carbons (Fsp3) is 0.909. The van der Waals surface area contributed by atoms with Crippen LogP contribution in [0.25, 0.3) is 0 Å². The molecular weight excluding hydrogens is 194 g/mol. The van der Waals surface area contributed by atoms with Crippen LogP contribution in [-0.2, 0) is 9.52 Å². The van der Waals surface area contributed by atoms with Crippen molar-refractivity contribution in [2.45, 2.75) is 55.7 Å². The minimum absolute atomic E-state index is 0.145. The van der Waals surface area contributed by atoms with E-state index in [2.05, 4.69) is 5.87 Å². The van der Waals surface area contributed by atoms with Crippen molar-refractivity contribution in [1.82, 2.24) is 0 Å². The SMILES string of the molecule is C=S1(=O)CCC[C@@H]1C1(N)CCCCC1. The molecule has 1 heterocycles. The molecule has 0 amide bonds. The molecule has 0 radical (unpaired) electrons. The Kier molecular flexibility index (Phi) is 2.64. The van der Waals surface area contributed by atoms with Gasteiger partial charge in [0.05, 0.1) is 0 Å². The smallest absolute Gasteiger partial charge is 0.0452 e. The summed E-state index contributed by atoms with van der Waals surface area (Å²) in [4.78, 5) is 0. The molecule has 1 saturated heterocycles. The first-order chi connectivity index (χ1) is 6.55. The van der Waals surface area contributed by atoms with E-state index < -0.39 is 9.52 Å². The summed E-state index contributed by atoms with van der Waals surface area (Å²) in [6.45, 7) is 0. The summed E-state index contributed by atoms with van der Waals surface area (Å²) in [5.41, 5.74) is 6.28. The summed E-state index contributed by atoms with van der Waals surface area (Å²) >= 11 is 0. The molecule has 1 saturated carbocycles. The Balaban J connectivity index is 2.20.